The van der Waals surface area contributed by atoms with Gasteiger partial charge in [-0.15, -0.1) is 0 Å². The van der Waals surface area contributed by atoms with E-state index in [1.165, 1.54) is 0 Å². The zero-order chi connectivity index (χ0) is 18.4. The number of aryl methyl sites for hydroxylation is 1. The lowest BCUT2D eigenvalue weighted by Gasteiger charge is -2.25. The number of hydrogen-bond acceptors (Lipinski definition) is 4. The van der Waals surface area contributed by atoms with Crippen LogP contribution in [0.15, 0.2) is 47.1 Å². The van der Waals surface area contributed by atoms with Crippen LogP contribution >= 0.6 is 15.9 Å². The summed E-state index contributed by atoms with van der Waals surface area (Å²) in [4.78, 5) is 19.0. The second-order valence-electron chi connectivity index (χ2n) is 6.44. The number of nitrogens with zero attached hydrogens (tertiary/aromatic N) is 2. The fraction of sp³-hybridized carbons (Fsp3) is 0.400. The number of methoxy groups -OCH3 is 1. The third kappa shape index (κ3) is 4.75. The number of rotatable bonds is 7. The highest BCUT2D eigenvalue weighted by molar-refractivity contribution is 9.10. The Morgan fingerprint density at radius 2 is 2.27 bits per heavy atom. The van der Waals surface area contributed by atoms with Crippen LogP contribution in [0.3, 0.4) is 0 Å². The SMILES string of the molecule is COc1ccc(Br)cc1CCC(=O)NC[C@@H]1CCCN1c1ccccn1. The molecule has 1 N–H and O–H groups in total. The van der Waals surface area contributed by atoms with Crippen molar-refractivity contribution in [3.63, 3.8) is 0 Å². The van der Waals surface area contributed by atoms with Crippen molar-refractivity contribution in [2.45, 2.75) is 31.7 Å². The van der Waals surface area contributed by atoms with Crippen LogP contribution in [-0.2, 0) is 11.2 Å². The summed E-state index contributed by atoms with van der Waals surface area (Å²) in [6.07, 6.45) is 5.13. The minimum Gasteiger partial charge on any atom is -0.496 e. The van der Waals surface area contributed by atoms with Crippen molar-refractivity contribution in [3.8, 4) is 5.75 Å². The van der Waals surface area contributed by atoms with Crippen molar-refractivity contribution >= 4 is 27.7 Å². The summed E-state index contributed by atoms with van der Waals surface area (Å²) in [7, 11) is 1.65. The molecule has 3 rings (SSSR count). The number of carbonyl (C=O) groups is 1. The van der Waals surface area contributed by atoms with E-state index in [-0.39, 0.29) is 5.91 Å². The maximum Gasteiger partial charge on any atom is 0.220 e. The minimum absolute atomic E-state index is 0.0694. The number of benzene rings is 1. The highest BCUT2D eigenvalue weighted by Crippen LogP contribution is 2.25. The van der Waals surface area contributed by atoms with Crippen molar-refractivity contribution in [1.29, 1.82) is 0 Å². The summed E-state index contributed by atoms with van der Waals surface area (Å²) in [5, 5.41) is 3.09. The second-order valence-corrected chi connectivity index (χ2v) is 7.35. The van der Waals surface area contributed by atoms with Gasteiger partial charge >= 0.3 is 0 Å². The molecule has 26 heavy (non-hydrogen) atoms. The van der Waals surface area contributed by atoms with Crippen molar-refractivity contribution in [2.75, 3.05) is 25.1 Å². The molecule has 0 saturated carbocycles. The summed E-state index contributed by atoms with van der Waals surface area (Å²) < 4.78 is 6.36. The molecule has 0 aliphatic carbocycles. The van der Waals surface area contributed by atoms with Crippen LogP contribution < -0.4 is 15.0 Å². The maximum absolute atomic E-state index is 12.3. The molecule has 1 aliphatic heterocycles. The van der Waals surface area contributed by atoms with Gasteiger partial charge in [0.05, 0.1) is 7.11 Å². The van der Waals surface area contributed by atoms with Gasteiger partial charge < -0.3 is 15.0 Å². The maximum atomic E-state index is 12.3. The van der Waals surface area contributed by atoms with Gasteiger partial charge in [-0.1, -0.05) is 22.0 Å². The van der Waals surface area contributed by atoms with E-state index in [1.807, 2.05) is 42.6 Å². The van der Waals surface area contributed by atoms with E-state index in [2.05, 4.69) is 31.1 Å². The molecule has 1 amide bonds. The third-order valence-electron chi connectivity index (χ3n) is 4.72. The predicted molar refractivity (Wildman–Crippen MR) is 107 cm³/mol. The first-order valence-electron chi connectivity index (χ1n) is 8.94. The molecule has 1 aliphatic rings. The Balaban J connectivity index is 1.50. The molecule has 5 nitrogen and oxygen atoms in total. The molecule has 2 heterocycles. The van der Waals surface area contributed by atoms with Gasteiger partial charge in [0.25, 0.3) is 0 Å². The monoisotopic (exact) mass is 417 g/mol. The number of nitrogens with one attached hydrogen (secondary N) is 1. The van der Waals surface area contributed by atoms with Crippen molar-refractivity contribution in [2.24, 2.45) is 0 Å². The Kier molecular flexibility index (Phi) is 6.50. The van der Waals surface area contributed by atoms with E-state index in [9.17, 15) is 4.79 Å². The van der Waals surface area contributed by atoms with Crippen molar-refractivity contribution < 1.29 is 9.53 Å². The smallest absolute Gasteiger partial charge is 0.220 e. The predicted octanol–water partition coefficient (Wildman–Crippen LogP) is 3.57. The Labute approximate surface area is 162 Å². The lowest BCUT2D eigenvalue weighted by atomic mass is 10.1. The van der Waals surface area contributed by atoms with Crippen molar-refractivity contribution in [1.82, 2.24) is 10.3 Å². The molecule has 1 aromatic carbocycles. The zero-order valence-electron chi connectivity index (χ0n) is 15.0. The van der Waals surface area contributed by atoms with Crippen LogP contribution in [0.5, 0.6) is 5.75 Å². The first-order valence-corrected chi connectivity index (χ1v) is 9.73. The average Bonchev–Trinajstić information content (AvgIpc) is 3.14. The standard InChI is InChI=1S/C20H24BrN3O2/c1-26-18-9-8-16(21)13-15(18)7-10-20(25)23-14-17-5-4-12-24(17)19-6-2-3-11-22-19/h2-3,6,8-9,11,13,17H,4-5,7,10,12,14H2,1H3,(H,23,25)/t17-/m0/s1. The average molecular weight is 418 g/mol. The van der Waals surface area contributed by atoms with Crippen LogP contribution in [0.2, 0.25) is 0 Å². The molecule has 1 saturated heterocycles. The number of amides is 1. The van der Waals surface area contributed by atoms with E-state index in [0.717, 1.165) is 41.0 Å². The van der Waals surface area contributed by atoms with Gasteiger partial charge in [-0.3, -0.25) is 4.79 Å². The van der Waals surface area contributed by atoms with Gasteiger partial charge in [-0.25, -0.2) is 4.98 Å². The quantitative estimate of drug-likeness (QED) is 0.747. The molecule has 6 heteroatoms. The zero-order valence-corrected chi connectivity index (χ0v) is 16.5. The van der Waals surface area contributed by atoms with E-state index in [1.54, 1.807) is 7.11 Å². The molecule has 0 radical (unpaired) electrons. The van der Waals surface area contributed by atoms with Crippen LogP contribution in [0.4, 0.5) is 5.82 Å². The normalized spacial score (nSPS) is 16.5. The third-order valence-corrected chi connectivity index (χ3v) is 5.21. The molecule has 0 bridgehead atoms. The number of halogens is 1. The van der Waals surface area contributed by atoms with E-state index < -0.39 is 0 Å². The number of carbonyl (C=O) groups excluding carboxylic acids is 1. The van der Waals surface area contributed by atoms with Gasteiger partial charge in [0, 0.05) is 36.2 Å². The minimum atomic E-state index is 0.0694. The number of pyridine rings is 1. The highest BCUT2D eigenvalue weighted by atomic mass is 79.9. The largest absolute Gasteiger partial charge is 0.496 e. The topological polar surface area (TPSA) is 54.5 Å². The molecule has 1 atom stereocenters. The van der Waals surface area contributed by atoms with E-state index >= 15 is 0 Å². The second kappa shape index (κ2) is 9.03. The molecule has 1 aromatic heterocycles. The fourth-order valence-corrected chi connectivity index (χ4v) is 3.79. The first kappa shape index (κ1) is 18.7. The highest BCUT2D eigenvalue weighted by Gasteiger charge is 2.25. The van der Waals surface area contributed by atoms with Crippen LogP contribution in [0.25, 0.3) is 0 Å². The molecule has 0 unspecified atom stereocenters. The Morgan fingerprint density at radius 3 is 3.04 bits per heavy atom. The Hall–Kier alpha value is -2.08. The van der Waals surface area contributed by atoms with Gasteiger partial charge in [0.1, 0.15) is 11.6 Å². The van der Waals surface area contributed by atoms with E-state index in [4.69, 9.17) is 4.74 Å². The van der Waals surface area contributed by atoms with E-state index in [0.29, 0.717) is 25.4 Å². The van der Waals surface area contributed by atoms with Crippen LogP contribution in [0.1, 0.15) is 24.8 Å². The van der Waals surface area contributed by atoms with Gasteiger partial charge in [0.15, 0.2) is 0 Å². The Morgan fingerprint density at radius 1 is 1.38 bits per heavy atom. The molecule has 1 fully saturated rings. The fourth-order valence-electron chi connectivity index (χ4n) is 3.38. The first-order chi connectivity index (χ1) is 12.7. The van der Waals surface area contributed by atoms with Gasteiger partial charge in [-0.05, 0) is 55.2 Å². The summed E-state index contributed by atoms with van der Waals surface area (Å²) >= 11 is 3.47. The number of ether oxygens (including phenoxy) is 1. The summed E-state index contributed by atoms with van der Waals surface area (Å²) in [5.41, 5.74) is 1.04. The number of anilines is 1. The summed E-state index contributed by atoms with van der Waals surface area (Å²) in [6.45, 7) is 1.65. The van der Waals surface area contributed by atoms with Gasteiger partial charge in [0.2, 0.25) is 5.91 Å². The molecule has 138 valence electrons. The van der Waals surface area contributed by atoms with Crippen LogP contribution in [-0.4, -0.2) is 37.1 Å². The van der Waals surface area contributed by atoms with Crippen LogP contribution in [0, 0.1) is 0 Å². The summed E-state index contributed by atoms with van der Waals surface area (Å²) in [5.74, 6) is 1.88. The number of aromatic nitrogens is 1. The molecular weight excluding hydrogens is 394 g/mol. The molecule has 0 spiro atoms. The van der Waals surface area contributed by atoms with Crippen molar-refractivity contribution in [3.05, 3.63) is 52.6 Å². The molecular formula is C20H24BrN3O2. The lowest BCUT2D eigenvalue weighted by molar-refractivity contribution is -0.121. The summed E-state index contributed by atoms with van der Waals surface area (Å²) in [6, 6.07) is 12.1. The number of hydrogen-bond donors (Lipinski definition) is 1. The molecule has 2 aromatic rings. The lowest BCUT2D eigenvalue weighted by Crippen LogP contribution is -2.40. The van der Waals surface area contributed by atoms with Gasteiger partial charge in [-0.2, -0.15) is 0 Å². The Bertz CT molecular complexity index is 739.